The van der Waals surface area contributed by atoms with Gasteiger partial charge in [-0.15, -0.1) is 0 Å². The van der Waals surface area contributed by atoms with E-state index in [1.165, 1.54) is 64.2 Å². The molecular weight excluding hydrogens is 248 g/mol. The molecule has 0 aliphatic carbocycles. The average Bonchev–Trinajstić information content (AvgIpc) is 2.80. The zero-order valence-electron chi connectivity index (χ0n) is 13.4. The molecule has 2 aliphatic rings. The molecule has 2 N–H and O–H groups in total. The normalized spacial score (nSPS) is 27.9. The highest BCUT2D eigenvalue weighted by Crippen LogP contribution is 2.28. The highest BCUT2D eigenvalue weighted by molar-refractivity contribution is 4.88. The Morgan fingerprint density at radius 2 is 1.60 bits per heavy atom. The second kappa shape index (κ2) is 9.01. The van der Waals surface area contributed by atoms with Crippen LogP contribution in [0.3, 0.4) is 0 Å². The summed E-state index contributed by atoms with van der Waals surface area (Å²) in [5.41, 5.74) is 6.01. The van der Waals surface area contributed by atoms with E-state index in [0.717, 1.165) is 19.6 Å². The molecule has 3 heteroatoms. The molecule has 118 valence electrons. The average molecular weight is 282 g/mol. The third-order valence-corrected chi connectivity index (χ3v) is 5.00. The van der Waals surface area contributed by atoms with E-state index in [1.54, 1.807) is 0 Å². The first-order valence-corrected chi connectivity index (χ1v) is 8.93. The monoisotopic (exact) mass is 282 g/mol. The number of nitrogens with two attached hydrogens (primary N) is 1. The van der Waals surface area contributed by atoms with Gasteiger partial charge in [-0.3, -0.25) is 4.90 Å². The first kappa shape index (κ1) is 16.3. The Bertz CT molecular complexity index is 247. The minimum Gasteiger partial charge on any atom is -0.372 e. The molecule has 2 rings (SSSR count). The fourth-order valence-corrected chi connectivity index (χ4v) is 3.73. The molecule has 0 amide bonds. The SMILES string of the molecule is CCCCCCCCCC(CN)N1CC2CCC(C1)O2. The molecule has 0 aromatic rings. The quantitative estimate of drug-likeness (QED) is 0.625. The van der Waals surface area contributed by atoms with E-state index >= 15 is 0 Å². The molecule has 2 fully saturated rings. The zero-order chi connectivity index (χ0) is 14.2. The van der Waals surface area contributed by atoms with Crippen LogP contribution in [0.5, 0.6) is 0 Å². The third kappa shape index (κ3) is 5.01. The van der Waals surface area contributed by atoms with Crippen LogP contribution in [-0.4, -0.2) is 42.8 Å². The number of hydrogen-bond donors (Lipinski definition) is 1. The molecule has 3 unspecified atom stereocenters. The van der Waals surface area contributed by atoms with Crippen LogP contribution in [0.1, 0.15) is 71.1 Å². The highest BCUT2D eigenvalue weighted by Gasteiger charge is 2.35. The summed E-state index contributed by atoms with van der Waals surface area (Å²) < 4.78 is 5.92. The van der Waals surface area contributed by atoms with Crippen molar-refractivity contribution in [3.63, 3.8) is 0 Å². The fourth-order valence-electron chi connectivity index (χ4n) is 3.73. The summed E-state index contributed by atoms with van der Waals surface area (Å²) >= 11 is 0. The molecule has 20 heavy (non-hydrogen) atoms. The van der Waals surface area contributed by atoms with Gasteiger partial charge in [0.1, 0.15) is 0 Å². The smallest absolute Gasteiger partial charge is 0.0707 e. The van der Waals surface area contributed by atoms with Gasteiger partial charge in [0.15, 0.2) is 0 Å². The van der Waals surface area contributed by atoms with E-state index in [2.05, 4.69) is 11.8 Å². The van der Waals surface area contributed by atoms with Gasteiger partial charge >= 0.3 is 0 Å². The molecule has 0 aromatic heterocycles. The van der Waals surface area contributed by atoms with Crippen LogP contribution >= 0.6 is 0 Å². The Morgan fingerprint density at radius 1 is 1.00 bits per heavy atom. The van der Waals surface area contributed by atoms with Crippen molar-refractivity contribution < 1.29 is 4.74 Å². The summed E-state index contributed by atoms with van der Waals surface area (Å²) in [6.45, 7) is 5.33. The predicted octanol–water partition coefficient (Wildman–Crippen LogP) is 3.32. The second-order valence-corrected chi connectivity index (χ2v) is 6.71. The summed E-state index contributed by atoms with van der Waals surface area (Å²) in [5, 5.41) is 0. The number of fused-ring (bicyclic) bond motifs is 2. The van der Waals surface area contributed by atoms with Crippen molar-refractivity contribution in [2.24, 2.45) is 5.73 Å². The Balaban J connectivity index is 1.58. The lowest BCUT2D eigenvalue weighted by Gasteiger charge is -2.37. The predicted molar refractivity (Wildman–Crippen MR) is 84.9 cm³/mol. The number of rotatable bonds is 10. The van der Waals surface area contributed by atoms with Crippen LogP contribution in [0.15, 0.2) is 0 Å². The molecule has 0 radical (unpaired) electrons. The van der Waals surface area contributed by atoms with Crippen molar-refractivity contribution in [1.29, 1.82) is 0 Å². The Labute approximate surface area is 125 Å². The molecule has 0 saturated carbocycles. The molecule has 3 nitrogen and oxygen atoms in total. The topological polar surface area (TPSA) is 38.5 Å². The number of ether oxygens (including phenoxy) is 1. The molecule has 2 bridgehead atoms. The minimum atomic E-state index is 0.497. The van der Waals surface area contributed by atoms with Crippen LogP contribution in [-0.2, 0) is 4.74 Å². The Hall–Kier alpha value is -0.120. The molecule has 2 aliphatic heterocycles. The lowest BCUT2D eigenvalue weighted by molar-refractivity contribution is -0.0527. The fraction of sp³-hybridized carbons (Fsp3) is 1.00. The van der Waals surface area contributed by atoms with Gasteiger partial charge in [-0.25, -0.2) is 0 Å². The van der Waals surface area contributed by atoms with Crippen LogP contribution in [0.25, 0.3) is 0 Å². The van der Waals surface area contributed by atoms with E-state index in [0.29, 0.717) is 18.2 Å². The third-order valence-electron chi connectivity index (χ3n) is 5.00. The van der Waals surface area contributed by atoms with Crippen molar-refractivity contribution in [2.45, 2.75) is 89.4 Å². The lowest BCUT2D eigenvalue weighted by Crippen LogP contribution is -2.50. The van der Waals surface area contributed by atoms with Crippen LogP contribution in [0, 0.1) is 0 Å². The largest absolute Gasteiger partial charge is 0.372 e. The van der Waals surface area contributed by atoms with E-state index in [9.17, 15) is 0 Å². The Kier molecular flexibility index (Phi) is 7.32. The van der Waals surface area contributed by atoms with Gasteiger partial charge < -0.3 is 10.5 Å². The zero-order valence-corrected chi connectivity index (χ0v) is 13.4. The summed E-state index contributed by atoms with van der Waals surface area (Å²) in [4.78, 5) is 2.61. The minimum absolute atomic E-state index is 0.497. The summed E-state index contributed by atoms with van der Waals surface area (Å²) in [6.07, 6.45) is 14.5. The molecule has 2 heterocycles. The first-order chi connectivity index (χ1) is 9.83. The number of hydrogen-bond acceptors (Lipinski definition) is 3. The summed E-state index contributed by atoms with van der Waals surface area (Å²) in [5.74, 6) is 0. The van der Waals surface area contributed by atoms with Gasteiger partial charge in [0.2, 0.25) is 0 Å². The van der Waals surface area contributed by atoms with Gasteiger partial charge in [0, 0.05) is 25.7 Å². The number of nitrogens with zero attached hydrogens (tertiary/aromatic N) is 1. The van der Waals surface area contributed by atoms with E-state index in [1.807, 2.05) is 0 Å². The van der Waals surface area contributed by atoms with Crippen molar-refractivity contribution in [2.75, 3.05) is 19.6 Å². The number of morpholine rings is 1. The van der Waals surface area contributed by atoms with Crippen molar-refractivity contribution in [3.05, 3.63) is 0 Å². The highest BCUT2D eigenvalue weighted by atomic mass is 16.5. The number of likely N-dealkylation sites (tertiary alicyclic amines) is 1. The van der Waals surface area contributed by atoms with Gasteiger partial charge in [-0.2, -0.15) is 0 Å². The Morgan fingerprint density at radius 3 is 2.20 bits per heavy atom. The van der Waals surface area contributed by atoms with Gasteiger partial charge in [-0.1, -0.05) is 51.9 Å². The standard InChI is InChI=1S/C17H34N2O/c1-2-3-4-5-6-7-8-9-15(12-18)19-13-16-10-11-17(14-19)20-16/h15-17H,2-14,18H2,1H3. The summed E-state index contributed by atoms with van der Waals surface area (Å²) in [7, 11) is 0. The molecular formula is C17H34N2O. The van der Waals surface area contributed by atoms with E-state index in [4.69, 9.17) is 10.5 Å². The van der Waals surface area contributed by atoms with Gasteiger partial charge in [0.05, 0.1) is 12.2 Å². The van der Waals surface area contributed by atoms with Crippen molar-refractivity contribution in [1.82, 2.24) is 4.90 Å². The molecule has 0 aromatic carbocycles. The van der Waals surface area contributed by atoms with Crippen molar-refractivity contribution in [3.8, 4) is 0 Å². The first-order valence-electron chi connectivity index (χ1n) is 8.93. The maximum absolute atomic E-state index is 6.01. The maximum Gasteiger partial charge on any atom is 0.0707 e. The van der Waals surface area contributed by atoms with Crippen molar-refractivity contribution >= 4 is 0 Å². The van der Waals surface area contributed by atoms with E-state index in [-0.39, 0.29) is 0 Å². The number of unbranched alkanes of at least 4 members (excludes halogenated alkanes) is 6. The van der Waals surface area contributed by atoms with Gasteiger partial charge in [-0.05, 0) is 19.3 Å². The van der Waals surface area contributed by atoms with Crippen LogP contribution in [0.4, 0.5) is 0 Å². The van der Waals surface area contributed by atoms with Crippen LogP contribution in [0.2, 0.25) is 0 Å². The lowest BCUT2D eigenvalue weighted by atomic mass is 10.0. The maximum atomic E-state index is 6.01. The summed E-state index contributed by atoms with van der Waals surface area (Å²) in [6, 6.07) is 0.595. The van der Waals surface area contributed by atoms with Crippen LogP contribution < -0.4 is 5.73 Å². The van der Waals surface area contributed by atoms with E-state index < -0.39 is 0 Å². The second-order valence-electron chi connectivity index (χ2n) is 6.71. The molecule has 3 atom stereocenters. The molecule has 2 saturated heterocycles. The van der Waals surface area contributed by atoms with Gasteiger partial charge in [0.25, 0.3) is 0 Å². The molecule has 0 spiro atoms.